The average Bonchev–Trinajstić information content (AvgIpc) is 3.24. The maximum Gasteiger partial charge on any atom is 0.419 e. The molecule has 4 rings (SSSR count). The molecule has 0 radical (unpaired) electrons. The van der Waals surface area contributed by atoms with E-state index in [1.807, 2.05) is 0 Å². The van der Waals surface area contributed by atoms with Crippen molar-refractivity contribution in [3.63, 3.8) is 0 Å². The molecular formula is C15H14N4O5S2. The van der Waals surface area contributed by atoms with E-state index in [0.717, 1.165) is 4.31 Å². The van der Waals surface area contributed by atoms with E-state index >= 15 is 0 Å². The van der Waals surface area contributed by atoms with E-state index in [0.29, 0.717) is 16.2 Å². The van der Waals surface area contributed by atoms with Gasteiger partial charge in [0.25, 0.3) is 0 Å². The molecule has 9 nitrogen and oxygen atoms in total. The van der Waals surface area contributed by atoms with E-state index in [1.54, 1.807) is 11.6 Å². The van der Waals surface area contributed by atoms with E-state index in [1.165, 1.54) is 46.1 Å². The first-order valence-corrected chi connectivity index (χ1v) is 9.99. The van der Waals surface area contributed by atoms with Gasteiger partial charge in [-0.3, -0.25) is 14.3 Å². The molecule has 26 heavy (non-hydrogen) atoms. The number of thiazole rings is 1. The predicted octanol–water partition coefficient (Wildman–Crippen LogP) is 0.625. The zero-order chi connectivity index (χ0) is 18.5. The van der Waals surface area contributed by atoms with Gasteiger partial charge in [0.1, 0.15) is 0 Å². The van der Waals surface area contributed by atoms with Crippen LogP contribution in [0.25, 0.3) is 11.1 Å². The molecule has 0 N–H and O–H groups in total. The zero-order valence-electron chi connectivity index (χ0n) is 13.7. The van der Waals surface area contributed by atoms with Gasteiger partial charge in [0.05, 0.1) is 17.0 Å². The van der Waals surface area contributed by atoms with Crippen LogP contribution in [0.4, 0.5) is 5.13 Å². The molecule has 0 aliphatic carbocycles. The summed E-state index contributed by atoms with van der Waals surface area (Å²) in [7, 11) is -2.37. The quantitative estimate of drug-likeness (QED) is 0.645. The maximum atomic E-state index is 12.9. The van der Waals surface area contributed by atoms with Gasteiger partial charge in [0.15, 0.2) is 10.7 Å². The second-order valence-electron chi connectivity index (χ2n) is 5.76. The van der Waals surface area contributed by atoms with Crippen molar-refractivity contribution in [2.45, 2.75) is 4.90 Å². The normalized spacial score (nSPS) is 16.5. The third-order valence-electron chi connectivity index (χ3n) is 4.24. The van der Waals surface area contributed by atoms with Crippen molar-refractivity contribution in [3.8, 4) is 0 Å². The van der Waals surface area contributed by atoms with Crippen LogP contribution in [0.3, 0.4) is 0 Å². The lowest BCUT2D eigenvalue weighted by molar-refractivity contribution is -0.119. The second kappa shape index (κ2) is 6.04. The number of fused-ring (bicyclic) bond motifs is 1. The molecule has 1 fully saturated rings. The molecule has 1 aromatic carbocycles. The highest BCUT2D eigenvalue weighted by atomic mass is 32.2. The van der Waals surface area contributed by atoms with Gasteiger partial charge < -0.3 is 4.42 Å². The SMILES string of the molecule is Cn1c(=O)oc2ccc(S(=O)(=O)N3CCN(c4nccs4)C(=O)C3)cc21. The number of sulfonamides is 1. The standard InChI is InChI=1S/C15H14N4O5S2/c1-17-11-8-10(2-3-12(11)24-15(17)21)26(22,23)18-5-6-19(13(20)9-18)14-16-4-7-25-14/h2-4,7-8H,5-6,9H2,1H3. The third-order valence-corrected chi connectivity index (χ3v) is 6.87. The summed E-state index contributed by atoms with van der Waals surface area (Å²) < 4.78 is 33.2. The summed E-state index contributed by atoms with van der Waals surface area (Å²) in [6.07, 6.45) is 1.60. The first-order valence-electron chi connectivity index (χ1n) is 7.67. The van der Waals surface area contributed by atoms with Crippen LogP contribution >= 0.6 is 11.3 Å². The first-order chi connectivity index (χ1) is 12.4. The minimum absolute atomic E-state index is 0.0110. The highest BCUT2D eigenvalue weighted by Gasteiger charge is 2.34. The number of oxazole rings is 1. The van der Waals surface area contributed by atoms with Crippen molar-refractivity contribution in [1.29, 1.82) is 0 Å². The zero-order valence-corrected chi connectivity index (χ0v) is 15.3. The Balaban J connectivity index is 1.64. The van der Waals surface area contributed by atoms with E-state index in [-0.39, 0.29) is 30.4 Å². The molecule has 2 aromatic heterocycles. The Bertz CT molecular complexity index is 1150. The van der Waals surface area contributed by atoms with Crippen LogP contribution in [0.5, 0.6) is 0 Å². The van der Waals surface area contributed by atoms with Gasteiger partial charge in [-0.15, -0.1) is 11.3 Å². The van der Waals surface area contributed by atoms with E-state index < -0.39 is 15.8 Å². The van der Waals surface area contributed by atoms with Crippen LogP contribution < -0.4 is 10.7 Å². The summed E-state index contributed by atoms with van der Waals surface area (Å²) in [5, 5.41) is 2.32. The van der Waals surface area contributed by atoms with E-state index in [2.05, 4.69) is 4.98 Å². The third kappa shape index (κ3) is 2.64. The van der Waals surface area contributed by atoms with Crippen molar-refractivity contribution in [3.05, 3.63) is 40.3 Å². The van der Waals surface area contributed by atoms with Crippen LogP contribution in [-0.2, 0) is 21.9 Å². The number of carbonyl (C=O) groups excluding carboxylic acids is 1. The molecule has 1 saturated heterocycles. The molecule has 11 heteroatoms. The monoisotopic (exact) mass is 394 g/mol. The topological polar surface area (TPSA) is 106 Å². The molecule has 0 saturated carbocycles. The smallest absolute Gasteiger partial charge is 0.408 e. The number of rotatable bonds is 3. The van der Waals surface area contributed by atoms with E-state index in [9.17, 15) is 18.0 Å². The van der Waals surface area contributed by atoms with Gasteiger partial charge in [-0.25, -0.2) is 18.2 Å². The number of anilines is 1. The summed E-state index contributed by atoms with van der Waals surface area (Å²) in [6, 6.07) is 4.20. The first kappa shape index (κ1) is 16.9. The fourth-order valence-electron chi connectivity index (χ4n) is 2.82. The lowest BCUT2D eigenvalue weighted by Gasteiger charge is -2.32. The Morgan fingerprint density at radius 2 is 2.04 bits per heavy atom. The fourth-order valence-corrected chi connectivity index (χ4v) is 4.91. The average molecular weight is 394 g/mol. The fraction of sp³-hybridized carbons (Fsp3) is 0.267. The second-order valence-corrected chi connectivity index (χ2v) is 8.57. The molecule has 0 bridgehead atoms. The van der Waals surface area contributed by atoms with Gasteiger partial charge in [-0.05, 0) is 18.2 Å². The van der Waals surface area contributed by atoms with Crippen molar-refractivity contribution in [2.24, 2.45) is 7.05 Å². The van der Waals surface area contributed by atoms with Gasteiger partial charge in [0.2, 0.25) is 15.9 Å². The molecule has 3 heterocycles. The molecule has 1 amide bonds. The molecule has 136 valence electrons. The molecule has 3 aromatic rings. The Hall–Kier alpha value is -2.50. The van der Waals surface area contributed by atoms with Gasteiger partial charge in [0, 0.05) is 31.7 Å². The summed E-state index contributed by atoms with van der Waals surface area (Å²) in [6.45, 7) is 0.137. The molecule has 1 aliphatic heterocycles. The van der Waals surface area contributed by atoms with Crippen LogP contribution in [-0.4, -0.2) is 47.8 Å². The number of carbonyl (C=O) groups is 1. The van der Waals surface area contributed by atoms with Crippen LogP contribution in [0.2, 0.25) is 0 Å². The largest absolute Gasteiger partial charge is 0.419 e. The van der Waals surface area contributed by atoms with Gasteiger partial charge >= 0.3 is 5.76 Å². The molecule has 0 unspecified atom stereocenters. The maximum absolute atomic E-state index is 12.9. The molecular weight excluding hydrogens is 380 g/mol. The Kier molecular flexibility index (Phi) is 3.93. The summed E-state index contributed by atoms with van der Waals surface area (Å²) in [5.41, 5.74) is 0.685. The van der Waals surface area contributed by atoms with Gasteiger partial charge in [-0.1, -0.05) is 0 Å². The minimum atomic E-state index is -3.87. The predicted molar refractivity (Wildman–Crippen MR) is 94.7 cm³/mol. The number of piperazine rings is 1. The van der Waals surface area contributed by atoms with Gasteiger partial charge in [-0.2, -0.15) is 4.31 Å². The summed E-state index contributed by atoms with van der Waals surface area (Å²) >= 11 is 1.33. The number of hydrogen-bond acceptors (Lipinski definition) is 7. The van der Waals surface area contributed by atoms with Crippen molar-refractivity contribution in [2.75, 3.05) is 24.5 Å². The van der Waals surface area contributed by atoms with Crippen LogP contribution in [0.1, 0.15) is 0 Å². The number of aryl methyl sites for hydroxylation is 1. The Morgan fingerprint density at radius 3 is 2.73 bits per heavy atom. The van der Waals surface area contributed by atoms with Crippen LogP contribution in [0.15, 0.2) is 43.9 Å². The van der Waals surface area contributed by atoms with E-state index in [4.69, 9.17) is 4.42 Å². The highest BCUT2D eigenvalue weighted by Crippen LogP contribution is 2.25. The number of amides is 1. The Labute approximate surface area is 152 Å². The lowest BCUT2D eigenvalue weighted by Crippen LogP contribution is -2.52. The summed E-state index contributed by atoms with van der Waals surface area (Å²) in [5.74, 6) is -0.895. The highest BCUT2D eigenvalue weighted by molar-refractivity contribution is 7.89. The van der Waals surface area contributed by atoms with Crippen molar-refractivity contribution in [1.82, 2.24) is 13.9 Å². The number of benzene rings is 1. The van der Waals surface area contributed by atoms with Crippen LogP contribution in [0, 0.1) is 0 Å². The van der Waals surface area contributed by atoms with Crippen molar-refractivity contribution < 1.29 is 17.6 Å². The minimum Gasteiger partial charge on any atom is -0.408 e. The molecule has 1 aliphatic rings. The number of hydrogen-bond donors (Lipinski definition) is 0. The number of nitrogens with zero attached hydrogens (tertiary/aromatic N) is 4. The summed E-state index contributed by atoms with van der Waals surface area (Å²) in [4.78, 5) is 29.5. The number of aromatic nitrogens is 2. The molecule has 0 spiro atoms. The molecule has 0 atom stereocenters. The lowest BCUT2D eigenvalue weighted by atomic mass is 10.3. The Morgan fingerprint density at radius 1 is 1.23 bits per heavy atom. The van der Waals surface area contributed by atoms with Crippen molar-refractivity contribution >= 4 is 43.5 Å².